The van der Waals surface area contributed by atoms with E-state index in [0.29, 0.717) is 24.0 Å². The van der Waals surface area contributed by atoms with E-state index in [4.69, 9.17) is 5.73 Å². The molecule has 6 nitrogen and oxygen atoms in total. The van der Waals surface area contributed by atoms with Gasteiger partial charge in [0.05, 0.1) is 23.3 Å². The summed E-state index contributed by atoms with van der Waals surface area (Å²) < 4.78 is 0. The molecule has 3 rings (SSSR count). The molecule has 0 spiro atoms. The molecule has 2 aromatic carbocycles. The molecule has 0 heterocycles. The molecule has 4 N–H and O–H groups in total. The third-order valence-corrected chi connectivity index (χ3v) is 6.70. The minimum atomic E-state index is -1.38. The van der Waals surface area contributed by atoms with Crippen molar-refractivity contribution in [2.24, 2.45) is 11.1 Å². The number of hydrogen-bond acceptors (Lipinski definition) is 4. The lowest BCUT2D eigenvalue weighted by Crippen LogP contribution is -2.58. The predicted molar refractivity (Wildman–Crippen MR) is 128 cm³/mol. The van der Waals surface area contributed by atoms with Crippen LogP contribution < -0.4 is 5.73 Å². The average molecular weight is 453 g/mol. The van der Waals surface area contributed by atoms with E-state index in [9.17, 15) is 19.8 Å². The van der Waals surface area contributed by atoms with Gasteiger partial charge in [-0.1, -0.05) is 73.5 Å². The summed E-state index contributed by atoms with van der Waals surface area (Å²) in [6, 6.07) is 16.8. The Morgan fingerprint density at radius 1 is 0.818 bits per heavy atom. The molecular weight excluding hydrogens is 416 g/mol. The monoisotopic (exact) mass is 452 g/mol. The Morgan fingerprint density at radius 2 is 1.18 bits per heavy atom. The molecule has 178 valence electrons. The highest BCUT2D eigenvalue weighted by atomic mass is 16.3. The fraction of sp³-hybridized carbons (Fsp3) is 0.481. The van der Waals surface area contributed by atoms with Gasteiger partial charge < -0.3 is 20.8 Å². The van der Waals surface area contributed by atoms with Gasteiger partial charge >= 0.3 is 0 Å². The van der Waals surface area contributed by atoms with Crippen LogP contribution in [0.5, 0.6) is 0 Å². The maximum absolute atomic E-state index is 14.4. The summed E-state index contributed by atoms with van der Waals surface area (Å²) in [5.74, 6) is -1.10. The summed E-state index contributed by atoms with van der Waals surface area (Å²) in [4.78, 5) is 28.7. The van der Waals surface area contributed by atoms with E-state index in [-0.39, 0.29) is 0 Å². The third kappa shape index (κ3) is 4.97. The normalized spacial score (nSPS) is 17.9. The summed E-state index contributed by atoms with van der Waals surface area (Å²) in [5.41, 5.74) is 3.15. The molecule has 2 unspecified atom stereocenters. The van der Waals surface area contributed by atoms with Crippen molar-refractivity contribution < 1.29 is 19.8 Å². The number of hydrogen-bond donors (Lipinski definition) is 3. The van der Waals surface area contributed by atoms with Crippen molar-refractivity contribution in [2.75, 3.05) is 0 Å². The Morgan fingerprint density at radius 3 is 1.48 bits per heavy atom. The lowest BCUT2D eigenvalue weighted by molar-refractivity contribution is -0.167. The molecule has 2 amide bonds. The number of aliphatic hydroxyl groups is 2. The van der Waals surface area contributed by atoms with Crippen LogP contribution >= 0.6 is 0 Å². The molecule has 0 bridgehead atoms. The van der Waals surface area contributed by atoms with Crippen LogP contribution in [0.15, 0.2) is 60.7 Å². The number of rotatable bonds is 8. The van der Waals surface area contributed by atoms with Crippen LogP contribution in [0.4, 0.5) is 0 Å². The van der Waals surface area contributed by atoms with Crippen LogP contribution in [0.25, 0.3) is 0 Å². The van der Waals surface area contributed by atoms with Gasteiger partial charge in [0, 0.05) is 0 Å². The SMILES string of the molecule is CC(C)(O)C(c1ccccc1)N(C(=O)C1(C(N)=O)CCCC1)C(c1ccccc1)C(C)(C)O. The van der Waals surface area contributed by atoms with E-state index in [1.54, 1.807) is 27.7 Å². The summed E-state index contributed by atoms with van der Waals surface area (Å²) in [6.45, 7) is 6.57. The van der Waals surface area contributed by atoms with E-state index in [1.807, 2.05) is 60.7 Å². The fourth-order valence-corrected chi connectivity index (χ4v) is 5.26. The first-order chi connectivity index (χ1) is 15.4. The van der Waals surface area contributed by atoms with Gasteiger partial charge in [-0.2, -0.15) is 0 Å². The Hall–Kier alpha value is -2.70. The first kappa shape index (κ1) is 24.9. The van der Waals surface area contributed by atoms with Gasteiger partial charge in [-0.15, -0.1) is 0 Å². The molecule has 0 radical (unpaired) electrons. The molecule has 0 saturated heterocycles. The van der Waals surface area contributed by atoms with Crippen LogP contribution in [0.2, 0.25) is 0 Å². The van der Waals surface area contributed by atoms with E-state index >= 15 is 0 Å². The molecule has 2 atom stereocenters. The van der Waals surface area contributed by atoms with Gasteiger partial charge in [-0.05, 0) is 51.7 Å². The maximum atomic E-state index is 14.4. The summed E-state index contributed by atoms with van der Waals surface area (Å²) >= 11 is 0. The molecule has 33 heavy (non-hydrogen) atoms. The first-order valence-electron chi connectivity index (χ1n) is 11.6. The highest BCUT2D eigenvalue weighted by molar-refractivity contribution is 6.05. The number of primary amides is 1. The zero-order chi connectivity index (χ0) is 24.4. The van der Waals surface area contributed by atoms with Gasteiger partial charge in [-0.25, -0.2) is 0 Å². The first-order valence-corrected chi connectivity index (χ1v) is 11.6. The Balaban J connectivity index is 2.32. The second kappa shape index (κ2) is 9.27. The number of amides is 2. The molecule has 1 fully saturated rings. The molecule has 6 heteroatoms. The summed E-state index contributed by atoms with van der Waals surface area (Å²) in [5, 5.41) is 22.8. The average Bonchev–Trinajstić information content (AvgIpc) is 3.24. The largest absolute Gasteiger partial charge is 0.388 e. The van der Waals surface area contributed by atoms with Gasteiger partial charge in [-0.3, -0.25) is 9.59 Å². The number of nitrogens with two attached hydrogens (primary N) is 1. The standard InChI is InChI=1S/C27H36N2O4/c1-25(2,32)21(19-13-7-5-8-14-19)29(24(31)27(23(28)30)17-11-12-18-27)22(26(3,4)33)20-15-9-6-10-16-20/h5-10,13-16,21-22,32-33H,11-12,17-18H2,1-4H3,(H2,28,30). The van der Waals surface area contributed by atoms with Crippen LogP contribution in [-0.4, -0.2) is 38.1 Å². The predicted octanol–water partition coefficient (Wildman–Crippen LogP) is 3.89. The van der Waals surface area contributed by atoms with E-state index in [0.717, 1.165) is 12.8 Å². The van der Waals surface area contributed by atoms with Gasteiger partial charge in [0.1, 0.15) is 5.41 Å². The van der Waals surface area contributed by atoms with Crippen LogP contribution in [0.3, 0.4) is 0 Å². The summed E-state index contributed by atoms with van der Waals surface area (Å²) in [7, 11) is 0. The van der Waals surface area contributed by atoms with Crippen molar-refractivity contribution in [1.29, 1.82) is 0 Å². The number of carbonyl (C=O) groups is 2. The van der Waals surface area contributed by atoms with Crippen molar-refractivity contribution >= 4 is 11.8 Å². The van der Waals surface area contributed by atoms with Crippen molar-refractivity contribution in [3.05, 3.63) is 71.8 Å². The fourth-order valence-electron chi connectivity index (χ4n) is 5.26. The van der Waals surface area contributed by atoms with Crippen LogP contribution in [-0.2, 0) is 9.59 Å². The van der Waals surface area contributed by atoms with Crippen molar-refractivity contribution in [3.8, 4) is 0 Å². The zero-order valence-corrected chi connectivity index (χ0v) is 20.0. The minimum absolute atomic E-state index is 0.360. The molecule has 0 aromatic heterocycles. The van der Waals surface area contributed by atoms with Crippen molar-refractivity contribution in [3.63, 3.8) is 0 Å². The third-order valence-electron chi connectivity index (χ3n) is 6.70. The lowest BCUT2D eigenvalue weighted by Gasteiger charge is -2.49. The number of benzene rings is 2. The molecule has 1 aliphatic carbocycles. The van der Waals surface area contributed by atoms with Crippen molar-refractivity contribution in [2.45, 2.75) is 76.7 Å². The smallest absolute Gasteiger partial charge is 0.239 e. The van der Waals surface area contributed by atoms with Crippen LogP contribution in [0, 0.1) is 5.41 Å². The topological polar surface area (TPSA) is 104 Å². The molecule has 0 aliphatic heterocycles. The highest BCUT2D eigenvalue weighted by Crippen LogP contribution is 2.48. The maximum Gasteiger partial charge on any atom is 0.239 e. The highest BCUT2D eigenvalue weighted by Gasteiger charge is 2.55. The number of nitrogens with zero attached hydrogens (tertiary/aromatic N) is 1. The van der Waals surface area contributed by atoms with E-state index < -0.39 is 40.5 Å². The molecular formula is C27H36N2O4. The molecule has 1 aliphatic rings. The second-order valence-corrected chi connectivity index (χ2v) is 10.3. The Bertz CT molecular complexity index is 898. The quantitative estimate of drug-likeness (QED) is 0.529. The second-order valence-electron chi connectivity index (χ2n) is 10.3. The van der Waals surface area contributed by atoms with Gasteiger partial charge in [0.2, 0.25) is 11.8 Å². The number of carbonyl (C=O) groups excluding carboxylic acids is 2. The van der Waals surface area contributed by atoms with Crippen molar-refractivity contribution in [1.82, 2.24) is 4.90 Å². The van der Waals surface area contributed by atoms with Gasteiger partial charge in [0.15, 0.2) is 0 Å². The minimum Gasteiger partial charge on any atom is -0.388 e. The lowest BCUT2D eigenvalue weighted by atomic mass is 9.78. The van der Waals surface area contributed by atoms with Gasteiger partial charge in [0.25, 0.3) is 0 Å². The van der Waals surface area contributed by atoms with E-state index in [2.05, 4.69) is 0 Å². The van der Waals surface area contributed by atoms with E-state index in [1.165, 1.54) is 4.90 Å². The summed E-state index contributed by atoms with van der Waals surface area (Å²) in [6.07, 6.45) is 2.16. The Labute approximate surface area is 196 Å². The Kier molecular flexibility index (Phi) is 7.01. The molecule has 1 saturated carbocycles. The zero-order valence-electron chi connectivity index (χ0n) is 20.0. The molecule has 2 aromatic rings. The van der Waals surface area contributed by atoms with Crippen LogP contribution in [0.1, 0.15) is 76.6 Å².